The Hall–Kier alpha value is -2.70. The molecule has 0 aliphatic carbocycles. The summed E-state index contributed by atoms with van der Waals surface area (Å²) in [5, 5.41) is 1.96. The van der Waals surface area contributed by atoms with E-state index in [4.69, 9.17) is 9.47 Å². The Balaban J connectivity index is 1.81. The Bertz CT molecular complexity index is 927. The molecule has 0 fully saturated rings. The number of thiophene rings is 1. The first-order valence-corrected chi connectivity index (χ1v) is 10.4. The summed E-state index contributed by atoms with van der Waals surface area (Å²) < 4.78 is 11.1. The Kier molecular flexibility index (Phi) is 7.38. The zero-order valence-electron chi connectivity index (χ0n) is 17.0. The lowest BCUT2D eigenvalue weighted by atomic mass is 10.1. The molecule has 29 heavy (non-hydrogen) atoms. The van der Waals surface area contributed by atoms with Crippen molar-refractivity contribution in [2.75, 3.05) is 13.7 Å². The number of carbonyl (C=O) groups excluding carboxylic acids is 1. The van der Waals surface area contributed by atoms with Crippen molar-refractivity contribution in [1.29, 1.82) is 0 Å². The standard InChI is InChI=1S/C23H26N2O3S/c1-17-9-12-29-22(17)23(26)25(14-19-7-10-24-11-8-19)15-20-5-4-6-21(13-20)28-18(2)16-27-3/h4-13,18H,14-16H2,1-3H3/t18-/m1/s1. The molecule has 0 unspecified atom stereocenters. The van der Waals surface area contributed by atoms with Crippen LogP contribution in [-0.2, 0) is 17.8 Å². The number of methoxy groups -OCH3 is 1. The molecule has 0 radical (unpaired) electrons. The summed E-state index contributed by atoms with van der Waals surface area (Å²) in [6.45, 7) is 5.47. The Morgan fingerprint density at radius 3 is 2.59 bits per heavy atom. The molecule has 0 spiro atoms. The summed E-state index contributed by atoms with van der Waals surface area (Å²) in [4.78, 5) is 20.0. The van der Waals surface area contributed by atoms with Gasteiger partial charge in [-0.3, -0.25) is 9.78 Å². The molecule has 1 amide bonds. The van der Waals surface area contributed by atoms with E-state index in [0.717, 1.165) is 27.3 Å². The lowest BCUT2D eigenvalue weighted by molar-refractivity contribution is 0.0733. The molecule has 2 aromatic heterocycles. The molecule has 1 atom stereocenters. The van der Waals surface area contributed by atoms with Crippen molar-refractivity contribution in [2.24, 2.45) is 0 Å². The summed E-state index contributed by atoms with van der Waals surface area (Å²) in [5.41, 5.74) is 3.07. The number of ether oxygens (including phenoxy) is 2. The van der Waals surface area contributed by atoms with Crippen molar-refractivity contribution in [3.8, 4) is 5.75 Å². The number of rotatable bonds is 9. The second-order valence-electron chi connectivity index (χ2n) is 6.98. The quantitative estimate of drug-likeness (QED) is 0.513. The maximum Gasteiger partial charge on any atom is 0.264 e. The first-order valence-electron chi connectivity index (χ1n) is 9.53. The molecular formula is C23H26N2O3S. The molecule has 0 aliphatic rings. The average molecular weight is 411 g/mol. The SMILES string of the molecule is COC[C@@H](C)Oc1cccc(CN(Cc2ccncc2)C(=O)c2sccc2C)c1. The number of hydrogen-bond donors (Lipinski definition) is 0. The molecule has 3 aromatic rings. The minimum absolute atomic E-state index is 0.0355. The highest BCUT2D eigenvalue weighted by molar-refractivity contribution is 7.12. The highest BCUT2D eigenvalue weighted by Crippen LogP contribution is 2.22. The molecule has 152 valence electrons. The fourth-order valence-corrected chi connectivity index (χ4v) is 3.97. The monoisotopic (exact) mass is 410 g/mol. The normalized spacial score (nSPS) is 11.8. The second-order valence-corrected chi connectivity index (χ2v) is 7.90. The van der Waals surface area contributed by atoms with Gasteiger partial charge in [0.25, 0.3) is 5.91 Å². The van der Waals surface area contributed by atoms with Gasteiger partial charge in [0, 0.05) is 32.6 Å². The van der Waals surface area contributed by atoms with Crippen LogP contribution in [0.4, 0.5) is 0 Å². The second kappa shape index (κ2) is 10.2. The summed E-state index contributed by atoms with van der Waals surface area (Å²) in [7, 11) is 1.66. The van der Waals surface area contributed by atoms with E-state index in [2.05, 4.69) is 4.98 Å². The van der Waals surface area contributed by atoms with Gasteiger partial charge < -0.3 is 14.4 Å². The van der Waals surface area contributed by atoms with Gasteiger partial charge in [-0.2, -0.15) is 0 Å². The van der Waals surface area contributed by atoms with Gasteiger partial charge in [-0.05, 0) is 66.2 Å². The highest BCUT2D eigenvalue weighted by atomic mass is 32.1. The molecule has 6 heteroatoms. The molecule has 0 saturated carbocycles. The van der Waals surface area contributed by atoms with Crippen LogP contribution in [-0.4, -0.2) is 35.6 Å². The van der Waals surface area contributed by atoms with Crippen molar-refractivity contribution < 1.29 is 14.3 Å². The largest absolute Gasteiger partial charge is 0.488 e. The van der Waals surface area contributed by atoms with E-state index >= 15 is 0 Å². The zero-order valence-corrected chi connectivity index (χ0v) is 17.8. The van der Waals surface area contributed by atoms with E-state index in [-0.39, 0.29) is 12.0 Å². The molecule has 0 saturated heterocycles. The van der Waals surface area contributed by atoms with E-state index < -0.39 is 0 Å². The minimum atomic E-state index is -0.0430. The van der Waals surface area contributed by atoms with E-state index in [1.807, 2.05) is 66.6 Å². The van der Waals surface area contributed by atoms with E-state index in [9.17, 15) is 4.79 Å². The van der Waals surface area contributed by atoms with Gasteiger partial charge >= 0.3 is 0 Å². The number of amides is 1. The third-order valence-corrected chi connectivity index (χ3v) is 5.48. The molecular weight excluding hydrogens is 384 g/mol. The molecule has 2 heterocycles. The van der Waals surface area contributed by atoms with Crippen LogP contribution in [0.3, 0.4) is 0 Å². The van der Waals surface area contributed by atoms with Crippen molar-refractivity contribution in [1.82, 2.24) is 9.88 Å². The van der Waals surface area contributed by atoms with Crippen LogP contribution in [0.1, 0.15) is 33.3 Å². The van der Waals surface area contributed by atoms with Gasteiger partial charge in [0.2, 0.25) is 0 Å². The molecule has 0 N–H and O–H groups in total. The van der Waals surface area contributed by atoms with Crippen LogP contribution in [0, 0.1) is 6.92 Å². The number of carbonyl (C=O) groups is 1. The Morgan fingerprint density at radius 1 is 1.14 bits per heavy atom. The van der Waals surface area contributed by atoms with Gasteiger partial charge in [0.05, 0.1) is 11.5 Å². The minimum Gasteiger partial charge on any atom is -0.488 e. The maximum absolute atomic E-state index is 13.3. The van der Waals surface area contributed by atoms with Gasteiger partial charge in [-0.25, -0.2) is 0 Å². The molecule has 0 aliphatic heterocycles. The predicted octanol–water partition coefficient (Wildman–Crippen LogP) is 4.71. The number of aryl methyl sites for hydroxylation is 1. The molecule has 3 rings (SSSR count). The van der Waals surface area contributed by atoms with Crippen LogP contribution in [0.2, 0.25) is 0 Å². The number of aromatic nitrogens is 1. The lowest BCUT2D eigenvalue weighted by Gasteiger charge is -2.23. The topological polar surface area (TPSA) is 51.7 Å². The fourth-order valence-electron chi connectivity index (χ4n) is 3.08. The van der Waals surface area contributed by atoms with E-state index in [0.29, 0.717) is 19.7 Å². The summed E-state index contributed by atoms with van der Waals surface area (Å²) in [6.07, 6.45) is 3.46. The van der Waals surface area contributed by atoms with Crippen molar-refractivity contribution >= 4 is 17.2 Å². The third-order valence-electron chi connectivity index (χ3n) is 4.48. The number of nitrogens with zero attached hydrogens (tertiary/aromatic N) is 2. The molecule has 5 nitrogen and oxygen atoms in total. The first kappa shape index (κ1) is 21.0. The van der Waals surface area contributed by atoms with Gasteiger partial charge in [0.1, 0.15) is 11.9 Å². The smallest absolute Gasteiger partial charge is 0.264 e. The zero-order chi connectivity index (χ0) is 20.6. The first-order chi connectivity index (χ1) is 14.1. The predicted molar refractivity (Wildman–Crippen MR) is 115 cm³/mol. The molecule has 0 bridgehead atoms. The fraction of sp³-hybridized carbons (Fsp3) is 0.304. The van der Waals surface area contributed by atoms with Crippen molar-refractivity contribution in [3.63, 3.8) is 0 Å². The van der Waals surface area contributed by atoms with Crippen molar-refractivity contribution in [2.45, 2.75) is 33.0 Å². The lowest BCUT2D eigenvalue weighted by Crippen LogP contribution is -2.30. The van der Waals surface area contributed by atoms with Crippen LogP contribution < -0.4 is 4.74 Å². The number of benzene rings is 1. The van der Waals surface area contributed by atoms with E-state index in [1.165, 1.54) is 11.3 Å². The third kappa shape index (κ3) is 5.89. The summed E-state index contributed by atoms with van der Waals surface area (Å²) in [5.74, 6) is 0.809. The van der Waals surface area contributed by atoms with E-state index in [1.54, 1.807) is 19.5 Å². The van der Waals surface area contributed by atoms with Crippen LogP contribution in [0.25, 0.3) is 0 Å². The summed E-state index contributed by atoms with van der Waals surface area (Å²) in [6, 6.07) is 13.7. The summed E-state index contributed by atoms with van der Waals surface area (Å²) >= 11 is 1.48. The van der Waals surface area contributed by atoms with Crippen LogP contribution >= 0.6 is 11.3 Å². The highest BCUT2D eigenvalue weighted by Gasteiger charge is 2.20. The maximum atomic E-state index is 13.3. The number of hydrogen-bond acceptors (Lipinski definition) is 5. The van der Waals surface area contributed by atoms with Gasteiger partial charge in [0.15, 0.2) is 0 Å². The van der Waals surface area contributed by atoms with Gasteiger partial charge in [-0.15, -0.1) is 11.3 Å². The number of pyridine rings is 1. The average Bonchev–Trinajstić information content (AvgIpc) is 3.14. The Morgan fingerprint density at radius 2 is 1.90 bits per heavy atom. The van der Waals surface area contributed by atoms with Gasteiger partial charge in [-0.1, -0.05) is 12.1 Å². The van der Waals surface area contributed by atoms with Crippen LogP contribution in [0.15, 0.2) is 60.2 Å². The molecule has 1 aromatic carbocycles. The van der Waals surface area contributed by atoms with Crippen LogP contribution in [0.5, 0.6) is 5.75 Å². The van der Waals surface area contributed by atoms with Crippen molar-refractivity contribution in [3.05, 3.63) is 81.8 Å². The Labute approximate surface area is 175 Å².